The van der Waals surface area contributed by atoms with E-state index in [2.05, 4.69) is 12.2 Å². The molecule has 1 aliphatic rings. The van der Waals surface area contributed by atoms with E-state index in [1.165, 1.54) is 25.7 Å². The Hall–Kier alpha value is -1.09. The van der Waals surface area contributed by atoms with Gasteiger partial charge in [-0.1, -0.05) is 25.8 Å². The van der Waals surface area contributed by atoms with Gasteiger partial charge in [0.15, 0.2) is 0 Å². The van der Waals surface area contributed by atoms with Crippen molar-refractivity contribution in [3.8, 4) is 0 Å². The van der Waals surface area contributed by atoms with Gasteiger partial charge in [-0.05, 0) is 36.5 Å². The smallest absolute Gasteiger partial charge is 0.146 e. The van der Waals surface area contributed by atoms with Crippen molar-refractivity contribution in [3.05, 3.63) is 29.6 Å². The topological polar surface area (TPSA) is 15.3 Å². The van der Waals surface area contributed by atoms with E-state index < -0.39 is 0 Å². The summed E-state index contributed by atoms with van der Waals surface area (Å²) in [5.41, 5.74) is 1.82. The fourth-order valence-corrected chi connectivity index (χ4v) is 2.88. The molecule has 0 spiro atoms. The fraction of sp³-hybridized carbons (Fsp3) is 0.625. The molecule has 1 aromatic rings. The van der Waals surface area contributed by atoms with E-state index in [9.17, 15) is 4.39 Å². The largest absolute Gasteiger partial charge is 0.375 e. The Labute approximate surface area is 116 Å². The van der Waals surface area contributed by atoms with Crippen molar-refractivity contribution in [2.45, 2.75) is 45.2 Å². The third-order valence-corrected chi connectivity index (χ3v) is 4.17. The van der Waals surface area contributed by atoms with E-state index in [-0.39, 0.29) is 5.82 Å². The zero-order valence-electron chi connectivity index (χ0n) is 12.2. The Balaban J connectivity index is 1.97. The average molecular weight is 264 g/mol. The SMILES string of the molecule is CC1CCCCC1NCc1ccc(F)c(N(C)C)c1. The maximum Gasteiger partial charge on any atom is 0.146 e. The molecule has 106 valence electrons. The van der Waals surface area contributed by atoms with Crippen molar-refractivity contribution in [2.75, 3.05) is 19.0 Å². The van der Waals surface area contributed by atoms with Crippen molar-refractivity contribution in [1.29, 1.82) is 0 Å². The van der Waals surface area contributed by atoms with Crippen LogP contribution in [-0.2, 0) is 6.54 Å². The van der Waals surface area contributed by atoms with Crippen LogP contribution in [0, 0.1) is 11.7 Å². The van der Waals surface area contributed by atoms with Crippen molar-refractivity contribution >= 4 is 5.69 Å². The molecule has 0 aliphatic heterocycles. The number of benzene rings is 1. The van der Waals surface area contributed by atoms with Crippen molar-refractivity contribution in [1.82, 2.24) is 5.32 Å². The Morgan fingerprint density at radius 3 is 2.68 bits per heavy atom. The fourth-order valence-electron chi connectivity index (χ4n) is 2.88. The molecule has 1 N–H and O–H groups in total. The highest BCUT2D eigenvalue weighted by Gasteiger charge is 2.20. The van der Waals surface area contributed by atoms with Crippen LogP contribution in [0.5, 0.6) is 0 Å². The maximum atomic E-state index is 13.6. The normalized spacial score (nSPS) is 23.4. The number of hydrogen-bond acceptors (Lipinski definition) is 2. The first kappa shape index (κ1) is 14.3. The van der Waals surface area contributed by atoms with Crippen LogP contribution < -0.4 is 10.2 Å². The van der Waals surface area contributed by atoms with Gasteiger partial charge in [0.1, 0.15) is 5.82 Å². The first-order valence-corrected chi connectivity index (χ1v) is 7.27. The van der Waals surface area contributed by atoms with Crippen molar-refractivity contribution in [2.24, 2.45) is 5.92 Å². The van der Waals surface area contributed by atoms with Crippen molar-refractivity contribution in [3.63, 3.8) is 0 Å². The molecule has 1 fully saturated rings. The summed E-state index contributed by atoms with van der Waals surface area (Å²) in [4.78, 5) is 1.82. The standard InChI is InChI=1S/C16H25FN2/c1-12-6-4-5-7-15(12)18-11-13-8-9-14(17)16(10-13)19(2)3/h8-10,12,15,18H,4-7,11H2,1-3H3. The third kappa shape index (κ3) is 3.69. The lowest BCUT2D eigenvalue weighted by Gasteiger charge is -2.29. The summed E-state index contributed by atoms with van der Waals surface area (Å²) in [5, 5.41) is 3.63. The van der Waals surface area contributed by atoms with E-state index in [0.717, 1.165) is 18.0 Å². The number of anilines is 1. The quantitative estimate of drug-likeness (QED) is 0.894. The van der Waals surface area contributed by atoms with Crippen LogP contribution in [0.15, 0.2) is 18.2 Å². The highest BCUT2D eigenvalue weighted by Crippen LogP contribution is 2.24. The summed E-state index contributed by atoms with van der Waals surface area (Å²) in [5.74, 6) is 0.599. The molecular weight excluding hydrogens is 239 g/mol. The predicted molar refractivity (Wildman–Crippen MR) is 79.0 cm³/mol. The van der Waals surface area contributed by atoms with Gasteiger partial charge in [0.2, 0.25) is 0 Å². The molecule has 0 saturated heterocycles. The molecule has 1 aromatic carbocycles. The minimum atomic E-state index is -0.153. The molecule has 1 saturated carbocycles. The molecule has 1 aliphatic carbocycles. The molecule has 0 bridgehead atoms. The van der Waals surface area contributed by atoms with Crippen LogP contribution in [0.1, 0.15) is 38.2 Å². The Morgan fingerprint density at radius 1 is 1.26 bits per heavy atom. The molecule has 19 heavy (non-hydrogen) atoms. The predicted octanol–water partition coefficient (Wildman–Crippen LogP) is 3.56. The average Bonchev–Trinajstić information content (AvgIpc) is 2.39. The van der Waals surface area contributed by atoms with Crippen LogP contribution in [0.25, 0.3) is 0 Å². The van der Waals surface area contributed by atoms with Crippen LogP contribution in [0.3, 0.4) is 0 Å². The summed E-state index contributed by atoms with van der Waals surface area (Å²) in [7, 11) is 3.75. The molecule has 0 amide bonds. The first-order chi connectivity index (χ1) is 9.08. The van der Waals surface area contributed by atoms with Gasteiger partial charge in [-0.25, -0.2) is 4.39 Å². The van der Waals surface area contributed by atoms with Crippen LogP contribution in [0.4, 0.5) is 10.1 Å². The van der Waals surface area contributed by atoms with Gasteiger partial charge in [-0.3, -0.25) is 0 Å². The minimum Gasteiger partial charge on any atom is -0.375 e. The second-order valence-corrected chi connectivity index (χ2v) is 5.93. The molecule has 2 atom stereocenters. The molecule has 2 rings (SSSR count). The highest BCUT2D eigenvalue weighted by molar-refractivity contribution is 5.48. The summed E-state index contributed by atoms with van der Waals surface area (Å²) in [6.45, 7) is 3.16. The van der Waals surface area contributed by atoms with Gasteiger partial charge >= 0.3 is 0 Å². The summed E-state index contributed by atoms with van der Waals surface area (Å²) in [6.07, 6.45) is 5.28. The van der Waals surface area contributed by atoms with E-state index >= 15 is 0 Å². The maximum absolute atomic E-state index is 13.6. The van der Waals surface area contributed by atoms with Gasteiger partial charge in [-0.2, -0.15) is 0 Å². The van der Waals surface area contributed by atoms with Gasteiger partial charge < -0.3 is 10.2 Å². The number of nitrogens with zero attached hydrogens (tertiary/aromatic N) is 1. The zero-order chi connectivity index (χ0) is 13.8. The van der Waals surface area contributed by atoms with Gasteiger partial charge in [0, 0.05) is 26.7 Å². The van der Waals surface area contributed by atoms with E-state index in [1.54, 1.807) is 6.07 Å². The summed E-state index contributed by atoms with van der Waals surface area (Å²) in [6, 6.07) is 6.00. The van der Waals surface area contributed by atoms with Crippen LogP contribution in [-0.4, -0.2) is 20.1 Å². The van der Waals surface area contributed by atoms with E-state index in [4.69, 9.17) is 0 Å². The molecule has 3 heteroatoms. The van der Waals surface area contributed by atoms with Crippen molar-refractivity contribution < 1.29 is 4.39 Å². The number of nitrogens with one attached hydrogen (secondary N) is 1. The molecule has 0 radical (unpaired) electrons. The summed E-state index contributed by atoms with van der Waals surface area (Å²) < 4.78 is 13.6. The Morgan fingerprint density at radius 2 is 2.00 bits per heavy atom. The minimum absolute atomic E-state index is 0.153. The summed E-state index contributed by atoms with van der Waals surface area (Å²) >= 11 is 0. The van der Waals surface area contributed by atoms with Crippen LogP contribution >= 0.6 is 0 Å². The molecule has 0 heterocycles. The Bertz CT molecular complexity index is 417. The van der Waals surface area contributed by atoms with Gasteiger partial charge in [0.25, 0.3) is 0 Å². The zero-order valence-corrected chi connectivity index (χ0v) is 12.2. The molecular formula is C16H25FN2. The highest BCUT2D eigenvalue weighted by atomic mass is 19.1. The second-order valence-electron chi connectivity index (χ2n) is 5.93. The first-order valence-electron chi connectivity index (χ1n) is 7.27. The van der Waals surface area contributed by atoms with Crippen LogP contribution in [0.2, 0.25) is 0 Å². The lowest BCUT2D eigenvalue weighted by Crippen LogP contribution is -2.36. The van der Waals surface area contributed by atoms with Gasteiger partial charge in [0.05, 0.1) is 5.69 Å². The number of hydrogen-bond donors (Lipinski definition) is 1. The molecule has 0 aromatic heterocycles. The van der Waals surface area contributed by atoms with E-state index in [1.807, 2.05) is 31.1 Å². The van der Waals surface area contributed by atoms with E-state index in [0.29, 0.717) is 11.7 Å². The lowest BCUT2D eigenvalue weighted by molar-refractivity contribution is 0.279. The van der Waals surface area contributed by atoms with Gasteiger partial charge in [-0.15, -0.1) is 0 Å². The number of rotatable bonds is 4. The second kappa shape index (κ2) is 6.38. The lowest BCUT2D eigenvalue weighted by atomic mass is 9.86. The third-order valence-electron chi connectivity index (χ3n) is 4.17. The Kier molecular flexibility index (Phi) is 4.81. The molecule has 2 unspecified atom stereocenters. The molecule has 2 nitrogen and oxygen atoms in total. The number of halogens is 1. The monoisotopic (exact) mass is 264 g/mol.